The molecule has 1 aromatic rings. The molecule has 4 atom stereocenters. The van der Waals surface area contributed by atoms with E-state index in [1.54, 1.807) is 11.3 Å². The lowest BCUT2D eigenvalue weighted by Crippen LogP contribution is -2.40. The second-order valence-corrected chi connectivity index (χ2v) is 6.65. The zero-order valence-electron chi connectivity index (χ0n) is 11.8. The molecule has 5 heteroatoms. The van der Waals surface area contributed by atoms with Crippen LogP contribution in [0.4, 0.5) is 0 Å². The van der Waals surface area contributed by atoms with Gasteiger partial charge >= 0.3 is 5.97 Å². The van der Waals surface area contributed by atoms with Gasteiger partial charge in [-0.25, -0.2) is 0 Å². The van der Waals surface area contributed by atoms with E-state index in [1.165, 1.54) is 5.56 Å². The third-order valence-electron chi connectivity index (χ3n) is 3.96. The molecule has 1 aliphatic rings. The largest absolute Gasteiger partial charge is 0.481 e. The summed E-state index contributed by atoms with van der Waals surface area (Å²) in [4.78, 5) is 23.5. The van der Waals surface area contributed by atoms with Gasteiger partial charge in [-0.15, -0.1) is 0 Å². The molecule has 4 unspecified atom stereocenters. The molecule has 2 N–H and O–H groups in total. The van der Waals surface area contributed by atoms with Crippen LogP contribution in [-0.2, 0) is 16.0 Å². The lowest BCUT2D eigenvalue weighted by Gasteiger charge is -2.19. The van der Waals surface area contributed by atoms with Crippen LogP contribution in [0.15, 0.2) is 16.8 Å². The summed E-state index contributed by atoms with van der Waals surface area (Å²) in [7, 11) is 0. The summed E-state index contributed by atoms with van der Waals surface area (Å²) in [5.41, 5.74) is 1.21. The van der Waals surface area contributed by atoms with Gasteiger partial charge in [-0.2, -0.15) is 11.3 Å². The van der Waals surface area contributed by atoms with E-state index >= 15 is 0 Å². The highest BCUT2D eigenvalue weighted by molar-refractivity contribution is 7.07. The van der Waals surface area contributed by atoms with Crippen LogP contribution < -0.4 is 5.32 Å². The topological polar surface area (TPSA) is 66.4 Å². The first kappa shape index (κ1) is 15.0. The Balaban J connectivity index is 1.92. The van der Waals surface area contributed by atoms with Gasteiger partial charge in [0, 0.05) is 6.04 Å². The number of carbonyl (C=O) groups is 2. The van der Waals surface area contributed by atoms with Gasteiger partial charge < -0.3 is 10.4 Å². The van der Waals surface area contributed by atoms with Crippen molar-refractivity contribution in [3.05, 3.63) is 22.4 Å². The standard InChI is InChI=1S/C15H21NO3S/c1-9-5-12(13(6-9)15(18)19)14(17)16-10(2)7-11-3-4-20-8-11/h3-4,8-10,12-13H,5-7H2,1-2H3,(H,16,17)(H,18,19). The van der Waals surface area contributed by atoms with Crippen LogP contribution >= 0.6 is 11.3 Å². The molecule has 1 heterocycles. The molecule has 0 radical (unpaired) electrons. The minimum absolute atomic E-state index is 0.0300. The molecule has 20 heavy (non-hydrogen) atoms. The fraction of sp³-hybridized carbons (Fsp3) is 0.600. The van der Waals surface area contributed by atoms with Crippen molar-refractivity contribution >= 4 is 23.2 Å². The number of hydrogen-bond acceptors (Lipinski definition) is 3. The van der Waals surface area contributed by atoms with Gasteiger partial charge in [0.15, 0.2) is 0 Å². The summed E-state index contributed by atoms with van der Waals surface area (Å²) in [5.74, 6) is -1.56. The Morgan fingerprint density at radius 2 is 2.15 bits per heavy atom. The monoisotopic (exact) mass is 295 g/mol. The molecule has 4 nitrogen and oxygen atoms in total. The molecule has 110 valence electrons. The second-order valence-electron chi connectivity index (χ2n) is 5.87. The van der Waals surface area contributed by atoms with Crippen LogP contribution in [0.5, 0.6) is 0 Å². The molecule has 1 aromatic heterocycles. The van der Waals surface area contributed by atoms with Crippen molar-refractivity contribution in [2.45, 2.75) is 39.2 Å². The maximum Gasteiger partial charge on any atom is 0.307 e. The van der Waals surface area contributed by atoms with Gasteiger partial charge in [-0.1, -0.05) is 6.92 Å². The number of aliphatic carboxylic acids is 1. The van der Waals surface area contributed by atoms with Gasteiger partial charge in [-0.05, 0) is 54.5 Å². The summed E-state index contributed by atoms with van der Waals surface area (Å²) in [5, 5.41) is 16.3. The molecule has 1 aliphatic carbocycles. The van der Waals surface area contributed by atoms with Crippen LogP contribution in [-0.4, -0.2) is 23.0 Å². The van der Waals surface area contributed by atoms with Crippen molar-refractivity contribution in [3.8, 4) is 0 Å². The van der Waals surface area contributed by atoms with Crippen LogP contribution in [0.25, 0.3) is 0 Å². The summed E-state index contributed by atoms with van der Waals surface area (Å²) < 4.78 is 0. The Morgan fingerprint density at radius 3 is 2.75 bits per heavy atom. The van der Waals surface area contributed by atoms with E-state index in [4.69, 9.17) is 0 Å². The number of amides is 1. The Hall–Kier alpha value is -1.36. The molecule has 1 saturated carbocycles. The molecule has 1 amide bonds. The highest BCUT2D eigenvalue weighted by Gasteiger charge is 2.41. The number of carboxylic acid groups (broad SMARTS) is 1. The average Bonchev–Trinajstić information content (AvgIpc) is 2.97. The van der Waals surface area contributed by atoms with Crippen molar-refractivity contribution in [2.24, 2.45) is 17.8 Å². The molecule has 0 aromatic carbocycles. The predicted molar refractivity (Wildman–Crippen MR) is 78.6 cm³/mol. The summed E-state index contributed by atoms with van der Waals surface area (Å²) in [6.07, 6.45) is 2.07. The third-order valence-corrected chi connectivity index (χ3v) is 4.69. The SMILES string of the molecule is CC1CC(C(=O)O)C(C(=O)NC(C)Cc2ccsc2)C1. The minimum Gasteiger partial charge on any atom is -0.481 e. The Morgan fingerprint density at radius 1 is 1.45 bits per heavy atom. The van der Waals surface area contributed by atoms with Crippen molar-refractivity contribution in [1.82, 2.24) is 5.32 Å². The number of rotatable bonds is 5. The first-order valence-corrected chi connectivity index (χ1v) is 7.96. The lowest BCUT2D eigenvalue weighted by atomic mass is 9.95. The number of hydrogen-bond donors (Lipinski definition) is 2. The summed E-state index contributed by atoms with van der Waals surface area (Å²) in [6, 6.07) is 2.08. The molecular weight excluding hydrogens is 274 g/mol. The number of carboxylic acids is 1. The molecule has 0 spiro atoms. The first-order chi connectivity index (χ1) is 9.47. The Labute approximate surface area is 123 Å². The highest BCUT2D eigenvalue weighted by atomic mass is 32.1. The highest BCUT2D eigenvalue weighted by Crippen LogP contribution is 2.36. The molecular formula is C15H21NO3S. The molecule has 0 saturated heterocycles. The molecule has 0 aliphatic heterocycles. The second kappa shape index (κ2) is 6.39. The van der Waals surface area contributed by atoms with E-state index < -0.39 is 11.9 Å². The zero-order chi connectivity index (χ0) is 14.7. The molecule has 2 rings (SSSR count). The fourth-order valence-corrected chi connectivity index (χ4v) is 3.70. The average molecular weight is 295 g/mol. The van der Waals surface area contributed by atoms with E-state index in [0.717, 1.165) is 6.42 Å². The summed E-state index contributed by atoms with van der Waals surface area (Å²) in [6.45, 7) is 3.97. The Kier molecular flexibility index (Phi) is 4.81. The van der Waals surface area contributed by atoms with Gasteiger partial charge in [-0.3, -0.25) is 9.59 Å². The van der Waals surface area contributed by atoms with Crippen LogP contribution in [0.1, 0.15) is 32.3 Å². The van der Waals surface area contributed by atoms with E-state index in [1.807, 2.05) is 25.3 Å². The number of thiophene rings is 1. The van der Waals surface area contributed by atoms with Gasteiger partial charge in [0.05, 0.1) is 11.8 Å². The van der Waals surface area contributed by atoms with Gasteiger partial charge in [0.25, 0.3) is 0 Å². The number of nitrogens with one attached hydrogen (secondary N) is 1. The normalized spacial score (nSPS) is 27.2. The van der Waals surface area contributed by atoms with Crippen LogP contribution in [0.2, 0.25) is 0 Å². The first-order valence-electron chi connectivity index (χ1n) is 7.01. The Bertz CT molecular complexity index is 471. The van der Waals surface area contributed by atoms with Crippen molar-refractivity contribution in [2.75, 3.05) is 0 Å². The molecule has 1 fully saturated rings. The smallest absolute Gasteiger partial charge is 0.307 e. The quantitative estimate of drug-likeness (QED) is 0.877. The maximum absolute atomic E-state index is 12.3. The fourth-order valence-electron chi connectivity index (χ4n) is 3.02. The van der Waals surface area contributed by atoms with Crippen molar-refractivity contribution in [3.63, 3.8) is 0 Å². The predicted octanol–water partition coefficient (Wildman–Crippen LogP) is 2.54. The van der Waals surface area contributed by atoms with Crippen LogP contribution in [0, 0.1) is 17.8 Å². The van der Waals surface area contributed by atoms with Crippen molar-refractivity contribution < 1.29 is 14.7 Å². The van der Waals surface area contributed by atoms with Crippen molar-refractivity contribution in [1.29, 1.82) is 0 Å². The maximum atomic E-state index is 12.3. The van der Waals surface area contributed by atoms with Gasteiger partial charge in [0.1, 0.15) is 0 Å². The molecule has 0 bridgehead atoms. The lowest BCUT2D eigenvalue weighted by molar-refractivity contribution is -0.146. The van der Waals surface area contributed by atoms with Gasteiger partial charge in [0.2, 0.25) is 5.91 Å². The van der Waals surface area contributed by atoms with Crippen LogP contribution in [0.3, 0.4) is 0 Å². The van der Waals surface area contributed by atoms with E-state index in [2.05, 4.69) is 10.7 Å². The van der Waals surface area contributed by atoms with E-state index in [9.17, 15) is 14.7 Å². The minimum atomic E-state index is -0.847. The summed E-state index contributed by atoms with van der Waals surface area (Å²) >= 11 is 1.64. The number of carbonyl (C=O) groups excluding carboxylic acids is 1. The van der Waals surface area contributed by atoms with E-state index in [0.29, 0.717) is 18.8 Å². The van der Waals surface area contributed by atoms with E-state index in [-0.39, 0.29) is 17.9 Å². The zero-order valence-corrected chi connectivity index (χ0v) is 12.7. The third kappa shape index (κ3) is 3.60.